The quantitative estimate of drug-likeness (QED) is 0.680. The van der Waals surface area contributed by atoms with Crippen molar-refractivity contribution >= 4 is 10.9 Å². The van der Waals surface area contributed by atoms with Crippen molar-refractivity contribution in [2.45, 2.75) is 21.6 Å². The van der Waals surface area contributed by atoms with Crippen molar-refractivity contribution in [2.75, 3.05) is 0 Å². The van der Waals surface area contributed by atoms with Crippen LogP contribution in [0.5, 0.6) is 5.75 Å². The standard InChI is InChI=1S/C19H15FOS/c1-14-7-10-17(11-8-14)22(16-5-3-2-4-6-16)19-12-9-15(20)13-18(19)21/h2-13H,1H3/p+1. The van der Waals surface area contributed by atoms with E-state index in [1.807, 2.05) is 37.3 Å². The van der Waals surface area contributed by atoms with Crippen molar-refractivity contribution < 1.29 is 9.50 Å². The Bertz CT molecular complexity index is 769. The van der Waals surface area contributed by atoms with Gasteiger partial charge in [0.05, 0.1) is 0 Å². The molecule has 1 N–H and O–H groups in total. The van der Waals surface area contributed by atoms with Crippen LogP contribution in [-0.2, 0) is 10.9 Å². The van der Waals surface area contributed by atoms with Gasteiger partial charge in [0, 0.05) is 12.1 Å². The first-order valence-electron chi connectivity index (χ1n) is 7.00. The highest BCUT2D eigenvalue weighted by Crippen LogP contribution is 2.36. The number of phenolic OH excluding ortho intramolecular Hbond substituents is 1. The van der Waals surface area contributed by atoms with Crippen LogP contribution in [0.15, 0.2) is 87.5 Å². The highest BCUT2D eigenvalue weighted by Gasteiger charge is 2.31. The molecule has 0 radical (unpaired) electrons. The third-order valence-electron chi connectivity index (χ3n) is 3.38. The number of hydrogen-bond donors (Lipinski definition) is 1. The molecule has 22 heavy (non-hydrogen) atoms. The third-order valence-corrected chi connectivity index (χ3v) is 5.65. The number of aromatic hydroxyl groups is 1. The molecular weight excluding hydrogens is 295 g/mol. The van der Waals surface area contributed by atoms with E-state index in [1.54, 1.807) is 6.07 Å². The maximum absolute atomic E-state index is 13.3. The van der Waals surface area contributed by atoms with Crippen molar-refractivity contribution in [1.29, 1.82) is 0 Å². The maximum atomic E-state index is 13.3. The minimum absolute atomic E-state index is 0.00670. The molecule has 1 unspecified atom stereocenters. The summed E-state index contributed by atoms with van der Waals surface area (Å²) in [5, 5.41) is 10.2. The van der Waals surface area contributed by atoms with E-state index >= 15 is 0 Å². The van der Waals surface area contributed by atoms with Crippen LogP contribution in [0.4, 0.5) is 4.39 Å². The van der Waals surface area contributed by atoms with Gasteiger partial charge in [-0.3, -0.25) is 0 Å². The predicted molar refractivity (Wildman–Crippen MR) is 87.8 cm³/mol. The fraction of sp³-hybridized carbons (Fsp3) is 0.0526. The number of halogens is 1. The summed E-state index contributed by atoms with van der Waals surface area (Å²) < 4.78 is 13.3. The lowest BCUT2D eigenvalue weighted by molar-refractivity contribution is 0.455. The highest BCUT2D eigenvalue weighted by atomic mass is 32.2. The summed E-state index contributed by atoms with van der Waals surface area (Å²) in [5.74, 6) is -0.436. The zero-order valence-electron chi connectivity index (χ0n) is 12.2. The lowest BCUT2D eigenvalue weighted by Gasteiger charge is -2.09. The van der Waals surface area contributed by atoms with Gasteiger partial charge in [-0.05, 0) is 37.3 Å². The number of rotatable bonds is 3. The number of aryl methyl sites for hydroxylation is 1. The Kier molecular flexibility index (Phi) is 4.16. The number of benzene rings is 3. The average molecular weight is 311 g/mol. The van der Waals surface area contributed by atoms with Crippen LogP contribution in [0.3, 0.4) is 0 Å². The van der Waals surface area contributed by atoms with Gasteiger partial charge < -0.3 is 5.11 Å². The first-order chi connectivity index (χ1) is 10.6. The minimum Gasteiger partial charge on any atom is -0.503 e. The Morgan fingerprint density at radius 3 is 2.09 bits per heavy atom. The van der Waals surface area contributed by atoms with Crippen molar-refractivity contribution in [3.05, 3.63) is 84.2 Å². The van der Waals surface area contributed by atoms with E-state index < -0.39 is 16.7 Å². The van der Waals surface area contributed by atoms with Gasteiger partial charge in [0.25, 0.3) is 0 Å². The Morgan fingerprint density at radius 2 is 1.45 bits per heavy atom. The Hall–Kier alpha value is -2.26. The normalized spacial score (nSPS) is 12.1. The number of phenols is 1. The molecule has 0 saturated carbocycles. The molecule has 0 amide bonds. The van der Waals surface area contributed by atoms with Gasteiger partial charge in [0.1, 0.15) is 16.7 Å². The summed E-state index contributed by atoms with van der Waals surface area (Å²) in [5.41, 5.74) is 1.18. The van der Waals surface area contributed by atoms with Crippen LogP contribution in [0, 0.1) is 12.7 Å². The smallest absolute Gasteiger partial charge is 0.208 e. The van der Waals surface area contributed by atoms with Crippen LogP contribution >= 0.6 is 0 Å². The van der Waals surface area contributed by atoms with Gasteiger partial charge in [0.15, 0.2) is 15.5 Å². The molecule has 1 atom stereocenters. The molecule has 3 aromatic carbocycles. The molecule has 0 aliphatic rings. The topological polar surface area (TPSA) is 20.2 Å². The molecule has 0 aliphatic heterocycles. The summed E-state index contributed by atoms with van der Waals surface area (Å²) >= 11 is 0. The number of hydrogen-bond acceptors (Lipinski definition) is 1. The molecule has 0 saturated heterocycles. The van der Waals surface area contributed by atoms with Crippen LogP contribution in [-0.4, -0.2) is 5.11 Å². The van der Waals surface area contributed by atoms with Gasteiger partial charge in [-0.25, -0.2) is 4.39 Å². The minimum atomic E-state index is -0.459. The van der Waals surface area contributed by atoms with Crippen molar-refractivity contribution in [1.82, 2.24) is 0 Å². The third kappa shape index (κ3) is 3.00. The Labute approximate surface area is 132 Å². The maximum Gasteiger partial charge on any atom is 0.208 e. The molecule has 3 aromatic rings. The second-order valence-corrected chi connectivity index (χ2v) is 7.04. The lowest BCUT2D eigenvalue weighted by Crippen LogP contribution is -2.05. The van der Waals surface area contributed by atoms with Crippen LogP contribution < -0.4 is 0 Å². The summed E-state index contributed by atoms with van der Waals surface area (Å²) in [6.07, 6.45) is 0. The molecule has 0 aliphatic carbocycles. The second-order valence-electron chi connectivity index (χ2n) is 5.04. The van der Waals surface area contributed by atoms with E-state index in [9.17, 15) is 9.50 Å². The molecule has 0 aromatic heterocycles. The van der Waals surface area contributed by atoms with Gasteiger partial charge >= 0.3 is 0 Å². The summed E-state index contributed by atoms with van der Waals surface area (Å²) in [4.78, 5) is 2.92. The van der Waals surface area contributed by atoms with Gasteiger partial charge in [-0.2, -0.15) is 0 Å². The van der Waals surface area contributed by atoms with Gasteiger partial charge in [0.2, 0.25) is 4.90 Å². The zero-order chi connectivity index (χ0) is 15.5. The second kappa shape index (κ2) is 6.24. The van der Waals surface area contributed by atoms with E-state index in [2.05, 4.69) is 24.3 Å². The molecule has 110 valence electrons. The van der Waals surface area contributed by atoms with Crippen LogP contribution in [0.25, 0.3) is 0 Å². The summed E-state index contributed by atoms with van der Waals surface area (Å²) in [7, 11) is -0.459. The summed E-state index contributed by atoms with van der Waals surface area (Å²) in [6, 6.07) is 22.5. The molecule has 3 heteroatoms. The molecule has 0 bridgehead atoms. The van der Waals surface area contributed by atoms with Gasteiger partial charge in [-0.1, -0.05) is 35.9 Å². The predicted octanol–water partition coefficient (Wildman–Crippen LogP) is 4.94. The van der Waals surface area contributed by atoms with Crippen LogP contribution in [0.1, 0.15) is 5.56 Å². The molecule has 0 spiro atoms. The van der Waals surface area contributed by atoms with E-state index in [-0.39, 0.29) is 5.75 Å². The first-order valence-corrected chi connectivity index (χ1v) is 8.22. The molecule has 1 nitrogen and oxygen atoms in total. The van der Waals surface area contributed by atoms with Crippen molar-refractivity contribution in [3.63, 3.8) is 0 Å². The molecular formula is C19H16FOS+. The van der Waals surface area contributed by atoms with E-state index in [4.69, 9.17) is 0 Å². The molecule has 0 fully saturated rings. The van der Waals surface area contributed by atoms with Crippen LogP contribution in [0.2, 0.25) is 0 Å². The van der Waals surface area contributed by atoms with Gasteiger partial charge in [-0.15, -0.1) is 0 Å². The van der Waals surface area contributed by atoms with E-state index in [0.29, 0.717) is 0 Å². The van der Waals surface area contributed by atoms with E-state index in [0.717, 1.165) is 14.7 Å². The average Bonchev–Trinajstić information content (AvgIpc) is 2.52. The van der Waals surface area contributed by atoms with E-state index in [1.165, 1.54) is 17.7 Å². The lowest BCUT2D eigenvalue weighted by atomic mass is 10.2. The Morgan fingerprint density at radius 1 is 0.818 bits per heavy atom. The fourth-order valence-corrected chi connectivity index (χ4v) is 4.37. The SMILES string of the molecule is Cc1ccc([S+](c2ccccc2)c2ccc(F)cc2O)cc1. The first kappa shape index (κ1) is 14.7. The monoisotopic (exact) mass is 311 g/mol. The zero-order valence-corrected chi connectivity index (χ0v) is 13.0. The molecule has 3 rings (SSSR count). The Balaban J connectivity index is 2.17. The summed E-state index contributed by atoms with van der Waals surface area (Å²) in [6.45, 7) is 2.04. The van der Waals surface area contributed by atoms with Crippen molar-refractivity contribution in [3.8, 4) is 5.75 Å². The fourth-order valence-electron chi connectivity index (χ4n) is 2.28. The highest BCUT2D eigenvalue weighted by molar-refractivity contribution is 7.97. The van der Waals surface area contributed by atoms with Crippen molar-refractivity contribution in [2.24, 2.45) is 0 Å². The molecule has 0 heterocycles. The largest absolute Gasteiger partial charge is 0.503 e.